The lowest BCUT2D eigenvalue weighted by molar-refractivity contribution is 0.0948. The molecule has 1 unspecified atom stereocenters. The number of rotatable bonds is 3. The molecular formula is C13H20BrCl2N3O. The quantitative estimate of drug-likeness (QED) is 0.787. The van der Waals surface area contributed by atoms with Gasteiger partial charge in [-0.05, 0) is 44.1 Å². The Balaban J connectivity index is 0.00000180. The molecule has 0 aliphatic carbocycles. The molecule has 3 N–H and O–H groups in total. The molecule has 2 rings (SSSR count). The molecule has 0 spiro atoms. The van der Waals surface area contributed by atoms with Gasteiger partial charge in [0.15, 0.2) is 0 Å². The fourth-order valence-electron chi connectivity index (χ4n) is 2.27. The summed E-state index contributed by atoms with van der Waals surface area (Å²) in [5.41, 5.74) is 6.88. The van der Waals surface area contributed by atoms with Gasteiger partial charge in [0.2, 0.25) is 0 Å². The van der Waals surface area contributed by atoms with Crippen LogP contribution in [0.5, 0.6) is 0 Å². The third-order valence-corrected chi connectivity index (χ3v) is 3.79. The average molecular weight is 385 g/mol. The Morgan fingerprint density at radius 3 is 2.75 bits per heavy atom. The molecule has 4 nitrogen and oxygen atoms in total. The number of hydrogen-bond donors (Lipinski definition) is 2. The van der Waals surface area contributed by atoms with E-state index in [1.807, 2.05) is 6.07 Å². The third kappa shape index (κ3) is 5.13. The summed E-state index contributed by atoms with van der Waals surface area (Å²) in [5.74, 6) is 0.463. The minimum atomic E-state index is -0.0884. The van der Waals surface area contributed by atoms with E-state index in [0.717, 1.165) is 30.5 Å². The van der Waals surface area contributed by atoms with Crippen LogP contribution in [0.25, 0.3) is 0 Å². The largest absolute Gasteiger partial charge is 0.398 e. The first kappa shape index (κ1) is 19.5. The van der Waals surface area contributed by atoms with Crippen LogP contribution in [-0.4, -0.2) is 37.5 Å². The molecule has 0 radical (unpaired) electrons. The number of hydrogen-bond acceptors (Lipinski definition) is 3. The van der Waals surface area contributed by atoms with Gasteiger partial charge in [0, 0.05) is 23.2 Å². The fourth-order valence-corrected chi connectivity index (χ4v) is 2.64. The molecule has 7 heteroatoms. The summed E-state index contributed by atoms with van der Waals surface area (Å²) in [4.78, 5) is 14.3. The second-order valence-electron chi connectivity index (χ2n) is 4.86. The van der Waals surface area contributed by atoms with Gasteiger partial charge < -0.3 is 16.0 Å². The van der Waals surface area contributed by atoms with Crippen LogP contribution >= 0.6 is 40.7 Å². The van der Waals surface area contributed by atoms with Crippen LogP contribution in [0, 0.1) is 5.92 Å². The zero-order valence-corrected chi connectivity index (χ0v) is 14.5. The maximum atomic E-state index is 12.0. The summed E-state index contributed by atoms with van der Waals surface area (Å²) >= 11 is 3.33. The summed E-state index contributed by atoms with van der Waals surface area (Å²) in [6.07, 6.45) is 1.15. The number of anilines is 1. The lowest BCUT2D eigenvalue weighted by Gasteiger charge is -2.12. The van der Waals surface area contributed by atoms with Gasteiger partial charge in [-0.1, -0.05) is 15.9 Å². The average Bonchev–Trinajstić information content (AvgIpc) is 2.72. The Labute approximate surface area is 140 Å². The molecule has 1 fully saturated rings. The van der Waals surface area contributed by atoms with Crippen molar-refractivity contribution in [3.63, 3.8) is 0 Å². The zero-order chi connectivity index (χ0) is 13.1. The fraction of sp³-hybridized carbons (Fsp3) is 0.462. The van der Waals surface area contributed by atoms with Crippen LogP contribution in [0.2, 0.25) is 0 Å². The molecular weight excluding hydrogens is 365 g/mol. The van der Waals surface area contributed by atoms with Crippen LogP contribution in [0.3, 0.4) is 0 Å². The highest BCUT2D eigenvalue weighted by Crippen LogP contribution is 2.19. The Bertz CT molecular complexity index is 459. The van der Waals surface area contributed by atoms with Crippen molar-refractivity contribution < 1.29 is 4.79 Å². The van der Waals surface area contributed by atoms with Crippen LogP contribution in [-0.2, 0) is 0 Å². The molecule has 1 aromatic carbocycles. The summed E-state index contributed by atoms with van der Waals surface area (Å²) in [6, 6.07) is 5.32. The van der Waals surface area contributed by atoms with E-state index in [1.165, 1.54) is 0 Å². The Hall–Kier alpha value is -0.490. The topological polar surface area (TPSA) is 58.4 Å². The van der Waals surface area contributed by atoms with Crippen molar-refractivity contribution in [1.29, 1.82) is 0 Å². The predicted molar refractivity (Wildman–Crippen MR) is 91.0 cm³/mol. The first-order valence-corrected chi connectivity index (χ1v) is 6.87. The number of carbonyl (C=O) groups excluding carboxylic acids is 1. The minimum absolute atomic E-state index is 0. The van der Waals surface area contributed by atoms with Gasteiger partial charge >= 0.3 is 0 Å². The molecule has 114 valence electrons. The normalized spacial score (nSPS) is 18.0. The molecule has 0 aromatic heterocycles. The predicted octanol–water partition coefficient (Wildman–Crippen LogP) is 2.56. The SMILES string of the molecule is CN1CCC(CNC(=O)c2ccc(Br)cc2N)C1.Cl.Cl. The van der Waals surface area contributed by atoms with E-state index < -0.39 is 0 Å². The highest BCUT2D eigenvalue weighted by atomic mass is 79.9. The zero-order valence-electron chi connectivity index (χ0n) is 11.3. The van der Waals surface area contributed by atoms with Crippen molar-refractivity contribution >= 4 is 52.3 Å². The van der Waals surface area contributed by atoms with Crippen molar-refractivity contribution in [3.05, 3.63) is 28.2 Å². The molecule has 1 heterocycles. The monoisotopic (exact) mass is 383 g/mol. The van der Waals surface area contributed by atoms with Crippen molar-refractivity contribution in [1.82, 2.24) is 10.2 Å². The van der Waals surface area contributed by atoms with Gasteiger partial charge in [-0.25, -0.2) is 0 Å². The molecule has 0 saturated carbocycles. The van der Waals surface area contributed by atoms with Crippen LogP contribution < -0.4 is 11.1 Å². The van der Waals surface area contributed by atoms with Crippen LogP contribution in [0.1, 0.15) is 16.8 Å². The minimum Gasteiger partial charge on any atom is -0.398 e. The summed E-state index contributed by atoms with van der Waals surface area (Å²) < 4.78 is 0.883. The summed E-state index contributed by atoms with van der Waals surface area (Å²) in [7, 11) is 2.11. The number of nitrogens with two attached hydrogens (primary N) is 1. The van der Waals surface area contributed by atoms with E-state index in [9.17, 15) is 4.79 Å². The number of nitrogens with zero attached hydrogens (tertiary/aromatic N) is 1. The number of amides is 1. The van der Waals surface area contributed by atoms with Crippen molar-refractivity contribution in [2.24, 2.45) is 5.92 Å². The van der Waals surface area contributed by atoms with Crippen LogP contribution in [0.15, 0.2) is 22.7 Å². The third-order valence-electron chi connectivity index (χ3n) is 3.30. The molecule has 1 amide bonds. The molecule has 1 atom stereocenters. The first-order valence-electron chi connectivity index (χ1n) is 6.08. The van der Waals surface area contributed by atoms with E-state index >= 15 is 0 Å². The highest BCUT2D eigenvalue weighted by molar-refractivity contribution is 9.10. The molecule has 1 saturated heterocycles. The number of nitrogens with one attached hydrogen (secondary N) is 1. The number of benzene rings is 1. The van der Waals surface area contributed by atoms with E-state index in [0.29, 0.717) is 17.2 Å². The number of carbonyl (C=O) groups is 1. The number of halogens is 3. The number of nitrogen functional groups attached to an aromatic ring is 1. The second kappa shape index (κ2) is 8.72. The highest BCUT2D eigenvalue weighted by Gasteiger charge is 2.20. The maximum absolute atomic E-state index is 12.0. The molecule has 1 aromatic rings. The number of likely N-dealkylation sites (tertiary alicyclic amines) is 1. The van der Waals surface area contributed by atoms with Crippen molar-refractivity contribution in [2.45, 2.75) is 6.42 Å². The van der Waals surface area contributed by atoms with Gasteiger partial charge in [-0.15, -0.1) is 24.8 Å². The van der Waals surface area contributed by atoms with Crippen LogP contribution in [0.4, 0.5) is 5.69 Å². The molecule has 1 aliphatic rings. The molecule has 0 bridgehead atoms. The van der Waals surface area contributed by atoms with Gasteiger partial charge in [0.05, 0.1) is 5.56 Å². The lowest BCUT2D eigenvalue weighted by Crippen LogP contribution is -2.30. The van der Waals surface area contributed by atoms with Gasteiger partial charge in [0.25, 0.3) is 5.91 Å². The van der Waals surface area contributed by atoms with Gasteiger partial charge in [-0.2, -0.15) is 0 Å². The van der Waals surface area contributed by atoms with Crippen molar-refractivity contribution in [3.8, 4) is 0 Å². The van der Waals surface area contributed by atoms with Gasteiger partial charge in [0.1, 0.15) is 0 Å². The smallest absolute Gasteiger partial charge is 0.253 e. The summed E-state index contributed by atoms with van der Waals surface area (Å²) in [5, 5.41) is 2.96. The molecule has 20 heavy (non-hydrogen) atoms. The van der Waals surface area contributed by atoms with E-state index in [4.69, 9.17) is 5.73 Å². The maximum Gasteiger partial charge on any atom is 0.253 e. The van der Waals surface area contributed by atoms with Gasteiger partial charge in [-0.3, -0.25) is 4.79 Å². The second-order valence-corrected chi connectivity index (χ2v) is 5.77. The lowest BCUT2D eigenvalue weighted by atomic mass is 10.1. The standard InChI is InChI=1S/C13H18BrN3O.2ClH/c1-17-5-4-9(8-17)7-16-13(18)11-3-2-10(14)6-12(11)15;;/h2-3,6,9H,4-5,7-8,15H2,1H3,(H,16,18);2*1H. The Morgan fingerprint density at radius 1 is 1.50 bits per heavy atom. The molecule has 1 aliphatic heterocycles. The van der Waals surface area contributed by atoms with Crippen molar-refractivity contribution in [2.75, 3.05) is 32.4 Å². The Kier molecular flexibility index (Phi) is 8.51. The van der Waals surface area contributed by atoms with E-state index in [2.05, 4.69) is 33.2 Å². The summed E-state index contributed by atoms with van der Waals surface area (Å²) in [6.45, 7) is 2.88. The van der Waals surface area contributed by atoms with E-state index in [1.54, 1.807) is 12.1 Å². The Morgan fingerprint density at radius 2 is 2.20 bits per heavy atom. The first-order chi connectivity index (χ1) is 8.56. The van der Waals surface area contributed by atoms with E-state index in [-0.39, 0.29) is 30.7 Å².